The summed E-state index contributed by atoms with van der Waals surface area (Å²) in [6.07, 6.45) is 0. The molecule has 3 heteroatoms. The second-order valence-corrected chi connectivity index (χ2v) is 3.87. The Morgan fingerprint density at radius 3 is 2.41 bits per heavy atom. The van der Waals surface area contributed by atoms with Crippen LogP contribution in [0.15, 0.2) is 42.5 Å². The molecule has 0 unspecified atom stereocenters. The first-order valence-corrected chi connectivity index (χ1v) is 5.32. The Morgan fingerprint density at radius 2 is 1.76 bits per heavy atom. The minimum atomic E-state index is -0.418. The van der Waals surface area contributed by atoms with Crippen LogP contribution in [0.3, 0.4) is 0 Å². The first-order chi connectivity index (χ1) is 8.17. The van der Waals surface area contributed by atoms with Crippen molar-refractivity contribution < 1.29 is 14.2 Å². The Morgan fingerprint density at radius 1 is 1.06 bits per heavy atom. The lowest BCUT2D eigenvalue weighted by Gasteiger charge is -2.07. The van der Waals surface area contributed by atoms with Crippen molar-refractivity contribution in [2.24, 2.45) is 0 Å². The molecule has 0 atom stereocenters. The normalized spacial score (nSPS) is 10.3. The molecule has 17 heavy (non-hydrogen) atoms. The monoisotopic (exact) mass is 232 g/mol. The maximum absolute atomic E-state index is 13.2. The van der Waals surface area contributed by atoms with E-state index in [0.29, 0.717) is 17.1 Å². The molecule has 0 bridgehead atoms. The van der Waals surface area contributed by atoms with Gasteiger partial charge in [0.25, 0.3) is 0 Å². The van der Waals surface area contributed by atoms with Gasteiger partial charge in [0.05, 0.1) is 6.61 Å². The van der Waals surface area contributed by atoms with Crippen molar-refractivity contribution >= 4 is 0 Å². The van der Waals surface area contributed by atoms with E-state index in [0.717, 1.165) is 5.56 Å². The number of ether oxygens (including phenoxy) is 1. The molecule has 2 nitrogen and oxygen atoms in total. The van der Waals surface area contributed by atoms with E-state index < -0.39 is 5.82 Å². The van der Waals surface area contributed by atoms with Gasteiger partial charge in [0.1, 0.15) is 17.3 Å². The minimum absolute atomic E-state index is 0.206. The minimum Gasteiger partial charge on any atom is -0.457 e. The summed E-state index contributed by atoms with van der Waals surface area (Å²) in [6.45, 7) is 1.78. The maximum atomic E-state index is 13.2. The smallest absolute Gasteiger partial charge is 0.130 e. The second kappa shape index (κ2) is 4.97. The molecule has 0 radical (unpaired) electrons. The number of aliphatic hydroxyl groups is 1. The van der Waals surface area contributed by atoms with E-state index in [4.69, 9.17) is 9.84 Å². The molecular weight excluding hydrogens is 219 g/mol. The predicted octanol–water partition coefficient (Wildman–Crippen LogP) is 3.42. The van der Waals surface area contributed by atoms with Crippen LogP contribution in [0.25, 0.3) is 0 Å². The third-order valence-corrected chi connectivity index (χ3v) is 2.37. The van der Waals surface area contributed by atoms with E-state index in [-0.39, 0.29) is 6.61 Å². The molecule has 2 aromatic rings. The standard InChI is InChI=1S/C14H13FO2/c1-10-2-4-13(5-3-10)17-14-7-11(9-16)6-12(15)8-14/h2-8,16H,9H2,1H3. The molecular formula is C14H13FO2. The number of hydrogen-bond donors (Lipinski definition) is 1. The first kappa shape index (κ1) is 11.6. The van der Waals surface area contributed by atoms with Gasteiger partial charge in [-0.1, -0.05) is 17.7 Å². The summed E-state index contributed by atoms with van der Waals surface area (Å²) in [5, 5.41) is 8.97. The van der Waals surface area contributed by atoms with Crippen molar-refractivity contribution in [3.05, 3.63) is 59.4 Å². The van der Waals surface area contributed by atoms with Crippen molar-refractivity contribution in [1.29, 1.82) is 0 Å². The first-order valence-electron chi connectivity index (χ1n) is 5.32. The summed E-state index contributed by atoms with van der Waals surface area (Å²) < 4.78 is 18.7. The fourth-order valence-electron chi connectivity index (χ4n) is 1.51. The van der Waals surface area contributed by atoms with Gasteiger partial charge in [0, 0.05) is 6.07 Å². The van der Waals surface area contributed by atoms with E-state index in [1.165, 1.54) is 12.1 Å². The number of aryl methyl sites for hydroxylation is 1. The second-order valence-electron chi connectivity index (χ2n) is 3.87. The van der Waals surface area contributed by atoms with Crippen LogP contribution < -0.4 is 4.74 Å². The Bertz CT molecular complexity index is 506. The van der Waals surface area contributed by atoms with E-state index in [1.807, 2.05) is 31.2 Å². The van der Waals surface area contributed by atoms with Crippen LogP contribution >= 0.6 is 0 Å². The van der Waals surface area contributed by atoms with Gasteiger partial charge in [0.15, 0.2) is 0 Å². The lowest BCUT2D eigenvalue weighted by molar-refractivity contribution is 0.280. The summed E-state index contributed by atoms with van der Waals surface area (Å²) in [5.74, 6) is 0.613. The molecule has 0 saturated carbocycles. The molecule has 1 N–H and O–H groups in total. The number of halogens is 1. The highest BCUT2D eigenvalue weighted by Crippen LogP contribution is 2.23. The molecule has 0 amide bonds. The molecule has 0 aliphatic rings. The van der Waals surface area contributed by atoms with Crippen LogP contribution in [-0.4, -0.2) is 5.11 Å². The average Bonchev–Trinajstić information content (AvgIpc) is 2.31. The molecule has 88 valence electrons. The highest BCUT2D eigenvalue weighted by molar-refractivity contribution is 5.35. The van der Waals surface area contributed by atoms with Crippen LogP contribution in [0.1, 0.15) is 11.1 Å². The number of rotatable bonds is 3. The van der Waals surface area contributed by atoms with E-state index in [1.54, 1.807) is 6.07 Å². The zero-order valence-corrected chi connectivity index (χ0v) is 9.48. The number of hydrogen-bond acceptors (Lipinski definition) is 2. The molecule has 0 aromatic heterocycles. The quantitative estimate of drug-likeness (QED) is 0.878. The fourth-order valence-corrected chi connectivity index (χ4v) is 1.51. The summed E-state index contributed by atoms with van der Waals surface area (Å²) in [4.78, 5) is 0. The highest BCUT2D eigenvalue weighted by Gasteiger charge is 2.02. The van der Waals surface area contributed by atoms with E-state index in [2.05, 4.69) is 0 Å². The van der Waals surface area contributed by atoms with Crippen LogP contribution in [0.4, 0.5) is 4.39 Å². The molecule has 0 heterocycles. The molecule has 0 saturated heterocycles. The van der Waals surface area contributed by atoms with E-state index in [9.17, 15) is 4.39 Å². The maximum Gasteiger partial charge on any atom is 0.130 e. The molecule has 2 aromatic carbocycles. The van der Waals surface area contributed by atoms with Gasteiger partial charge in [-0.3, -0.25) is 0 Å². The molecule has 0 fully saturated rings. The summed E-state index contributed by atoms with van der Waals surface area (Å²) in [7, 11) is 0. The summed E-state index contributed by atoms with van der Waals surface area (Å²) in [6, 6.07) is 11.7. The number of aliphatic hydroxyl groups excluding tert-OH is 1. The lowest BCUT2D eigenvalue weighted by Crippen LogP contribution is -1.90. The van der Waals surface area contributed by atoms with Gasteiger partial charge in [0.2, 0.25) is 0 Å². The number of benzene rings is 2. The van der Waals surface area contributed by atoms with Crippen LogP contribution in [0, 0.1) is 12.7 Å². The van der Waals surface area contributed by atoms with Gasteiger partial charge in [-0.15, -0.1) is 0 Å². The van der Waals surface area contributed by atoms with Crippen LogP contribution in [-0.2, 0) is 6.61 Å². The largest absolute Gasteiger partial charge is 0.457 e. The lowest BCUT2D eigenvalue weighted by atomic mass is 10.2. The average molecular weight is 232 g/mol. The van der Waals surface area contributed by atoms with Gasteiger partial charge in [-0.2, -0.15) is 0 Å². The van der Waals surface area contributed by atoms with Crippen LogP contribution in [0.2, 0.25) is 0 Å². The summed E-state index contributed by atoms with van der Waals surface area (Å²) >= 11 is 0. The Kier molecular flexibility index (Phi) is 3.40. The fraction of sp³-hybridized carbons (Fsp3) is 0.143. The third-order valence-electron chi connectivity index (χ3n) is 2.37. The Hall–Kier alpha value is -1.87. The van der Waals surface area contributed by atoms with Gasteiger partial charge in [-0.05, 0) is 36.8 Å². The van der Waals surface area contributed by atoms with E-state index >= 15 is 0 Å². The molecule has 0 spiro atoms. The van der Waals surface area contributed by atoms with Crippen molar-refractivity contribution in [3.8, 4) is 11.5 Å². The zero-order valence-electron chi connectivity index (χ0n) is 9.48. The van der Waals surface area contributed by atoms with Crippen molar-refractivity contribution in [2.45, 2.75) is 13.5 Å². The third kappa shape index (κ3) is 3.04. The van der Waals surface area contributed by atoms with Crippen LogP contribution in [0.5, 0.6) is 11.5 Å². The van der Waals surface area contributed by atoms with Crippen molar-refractivity contribution in [1.82, 2.24) is 0 Å². The predicted molar refractivity (Wildman–Crippen MR) is 63.6 cm³/mol. The van der Waals surface area contributed by atoms with Crippen molar-refractivity contribution in [2.75, 3.05) is 0 Å². The van der Waals surface area contributed by atoms with Gasteiger partial charge < -0.3 is 9.84 Å². The topological polar surface area (TPSA) is 29.5 Å². The van der Waals surface area contributed by atoms with Gasteiger partial charge in [-0.25, -0.2) is 4.39 Å². The Balaban J connectivity index is 2.23. The zero-order chi connectivity index (χ0) is 12.3. The molecule has 0 aliphatic carbocycles. The van der Waals surface area contributed by atoms with Gasteiger partial charge >= 0.3 is 0 Å². The molecule has 0 aliphatic heterocycles. The SMILES string of the molecule is Cc1ccc(Oc2cc(F)cc(CO)c2)cc1. The highest BCUT2D eigenvalue weighted by atomic mass is 19.1. The molecule has 2 rings (SSSR count). The summed E-state index contributed by atoms with van der Waals surface area (Å²) in [5.41, 5.74) is 1.62. The van der Waals surface area contributed by atoms with Crippen molar-refractivity contribution in [3.63, 3.8) is 0 Å². The Labute approximate surface area is 99.3 Å².